The fourth-order valence-corrected chi connectivity index (χ4v) is 3.93. The number of nitrogens with two attached hydrogens (primary N) is 1. The molecular formula is C21H24N2O3. The van der Waals surface area contributed by atoms with Gasteiger partial charge in [-0.2, -0.15) is 0 Å². The van der Waals surface area contributed by atoms with Crippen molar-refractivity contribution in [1.82, 2.24) is 4.98 Å². The van der Waals surface area contributed by atoms with E-state index in [-0.39, 0.29) is 16.5 Å². The third kappa shape index (κ3) is 2.87. The minimum atomic E-state index is -1.08. The van der Waals surface area contributed by atoms with Crippen molar-refractivity contribution in [1.29, 1.82) is 0 Å². The van der Waals surface area contributed by atoms with Gasteiger partial charge in [-0.1, -0.05) is 45.9 Å². The predicted octanol–water partition coefficient (Wildman–Crippen LogP) is 3.89. The lowest BCUT2D eigenvalue weighted by Crippen LogP contribution is -2.36. The van der Waals surface area contributed by atoms with Crippen molar-refractivity contribution < 1.29 is 14.7 Å². The van der Waals surface area contributed by atoms with Gasteiger partial charge >= 0.3 is 5.97 Å². The van der Waals surface area contributed by atoms with Crippen LogP contribution in [0.5, 0.6) is 0 Å². The summed E-state index contributed by atoms with van der Waals surface area (Å²) in [6, 6.07) is 7.09. The number of fused-ring (bicyclic) bond motifs is 1. The van der Waals surface area contributed by atoms with Crippen LogP contribution in [-0.2, 0) is 10.8 Å². The molecule has 3 rings (SSSR count). The van der Waals surface area contributed by atoms with E-state index >= 15 is 0 Å². The number of carboxylic acid groups (broad SMARTS) is 1. The second kappa shape index (κ2) is 5.94. The summed E-state index contributed by atoms with van der Waals surface area (Å²) < 4.78 is 0. The predicted molar refractivity (Wildman–Crippen MR) is 100 cm³/mol. The smallest absolute Gasteiger partial charge is 0.354 e. The number of carboxylic acids is 1. The number of hydrogen-bond donors (Lipinski definition) is 2. The largest absolute Gasteiger partial charge is 0.477 e. The summed E-state index contributed by atoms with van der Waals surface area (Å²) in [7, 11) is 0. The molecule has 0 saturated carbocycles. The monoisotopic (exact) mass is 352 g/mol. The van der Waals surface area contributed by atoms with Crippen LogP contribution in [0.4, 0.5) is 0 Å². The Morgan fingerprint density at radius 1 is 1.04 bits per heavy atom. The average molecular weight is 352 g/mol. The zero-order valence-corrected chi connectivity index (χ0v) is 15.6. The van der Waals surface area contributed by atoms with Crippen LogP contribution in [0, 0.1) is 0 Å². The molecule has 0 bridgehead atoms. The molecule has 0 aliphatic heterocycles. The molecule has 26 heavy (non-hydrogen) atoms. The van der Waals surface area contributed by atoms with Crippen LogP contribution >= 0.6 is 0 Å². The Balaban J connectivity index is 2.29. The standard InChI is InChI=1S/C21H24N2O3/c1-20(2)9-10-21(3,4)17-14(20)7-6-13(16(17)18(22)24)12-5-8-15(19(25)26)23-11-12/h5-8,11H,9-10H2,1-4H3,(H2,22,24)(H,25,26). The first-order chi connectivity index (χ1) is 12.0. The van der Waals surface area contributed by atoms with Gasteiger partial charge in [0.25, 0.3) is 0 Å². The van der Waals surface area contributed by atoms with Crippen LogP contribution < -0.4 is 5.73 Å². The molecule has 2 aromatic rings. The maximum Gasteiger partial charge on any atom is 0.354 e. The Bertz CT molecular complexity index is 896. The van der Waals surface area contributed by atoms with Gasteiger partial charge in [0.2, 0.25) is 5.91 Å². The number of hydrogen-bond acceptors (Lipinski definition) is 3. The maximum absolute atomic E-state index is 12.4. The van der Waals surface area contributed by atoms with Gasteiger partial charge < -0.3 is 10.8 Å². The minimum Gasteiger partial charge on any atom is -0.477 e. The van der Waals surface area contributed by atoms with Crippen LogP contribution in [0.1, 0.15) is 72.5 Å². The van der Waals surface area contributed by atoms with Crippen molar-refractivity contribution in [3.63, 3.8) is 0 Å². The molecule has 1 amide bonds. The molecule has 0 unspecified atom stereocenters. The highest BCUT2D eigenvalue weighted by Gasteiger charge is 2.40. The Labute approximate surface area is 153 Å². The topological polar surface area (TPSA) is 93.3 Å². The average Bonchev–Trinajstić information content (AvgIpc) is 2.58. The lowest BCUT2D eigenvalue weighted by Gasteiger charge is -2.43. The molecule has 1 aromatic carbocycles. The molecule has 1 aromatic heterocycles. The number of carbonyl (C=O) groups is 2. The zero-order valence-electron chi connectivity index (χ0n) is 15.6. The van der Waals surface area contributed by atoms with Crippen LogP contribution in [0.2, 0.25) is 0 Å². The van der Waals surface area contributed by atoms with Crippen molar-refractivity contribution in [2.24, 2.45) is 5.73 Å². The van der Waals surface area contributed by atoms with Gasteiger partial charge in [0.15, 0.2) is 0 Å². The first-order valence-corrected chi connectivity index (χ1v) is 8.72. The molecular weight excluding hydrogens is 328 g/mol. The van der Waals surface area contributed by atoms with Crippen LogP contribution in [0.3, 0.4) is 0 Å². The number of amides is 1. The van der Waals surface area contributed by atoms with Gasteiger partial charge in [0, 0.05) is 11.8 Å². The normalized spacial score (nSPS) is 17.4. The highest BCUT2D eigenvalue weighted by atomic mass is 16.4. The van der Waals surface area contributed by atoms with E-state index in [1.54, 1.807) is 6.07 Å². The highest BCUT2D eigenvalue weighted by Crippen LogP contribution is 2.48. The van der Waals surface area contributed by atoms with Crippen molar-refractivity contribution >= 4 is 11.9 Å². The first kappa shape index (κ1) is 18.1. The fourth-order valence-electron chi connectivity index (χ4n) is 3.93. The quantitative estimate of drug-likeness (QED) is 0.876. The third-order valence-electron chi connectivity index (χ3n) is 5.53. The van der Waals surface area contributed by atoms with Crippen molar-refractivity contribution in [3.05, 3.63) is 52.8 Å². The van der Waals surface area contributed by atoms with Crippen LogP contribution in [0.15, 0.2) is 30.5 Å². The van der Waals surface area contributed by atoms with E-state index < -0.39 is 11.9 Å². The molecule has 1 aliphatic rings. The van der Waals surface area contributed by atoms with Crippen molar-refractivity contribution in [3.8, 4) is 11.1 Å². The van der Waals surface area contributed by atoms with E-state index in [2.05, 4.69) is 38.7 Å². The van der Waals surface area contributed by atoms with Crippen molar-refractivity contribution in [2.45, 2.75) is 51.4 Å². The van der Waals surface area contributed by atoms with Gasteiger partial charge in [-0.05, 0) is 46.4 Å². The minimum absolute atomic E-state index is 0.0288. The van der Waals surface area contributed by atoms with E-state index in [0.29, 0.717) is 16.7 Å². The molecule has 3 N–H and O–H groups in total. The maximum atomic E-state index is 12.4. The summed E-state index contributed by atoms with van der Waals surface area (Å²) in [5.74, 6) is -1.55. The zero-order chi connectivity index (χ0) is 19.3. The van der Waals surface area contributed by atoms with Crippen LogP contribution in [-0.4, -0.2) is 22.0 Å². The molecule has 0 spiro atoms. The molecule has 0 fully saturated rings. The molecule has 0 radical (unpaired) electrons. The summed E-state index contributed by atoms with van der Waals surface area (Å²) in [6.45, 7) is 8.66. The van der Waals surface area contributed by atoms with E-state index in [4.69, 9.17) is 10.8 Å². The highest BCUT2D eigenvalue weighted by molar-refractivity contribution is 6.02. The van der Waals surface area contributed by atoms with E-state index in [1.165, 1.54) is 12.3 Å². The molecule has 136 valence electrons. The Morgan fingerprint density at radius 3 is 2.23 bits per heavy atom. The molecule has 5 nitrogen and oxygen atoms in total. The SMILES string of the molecule is CC1(C)CCC(C)(C)c2c1ccc(-c1ccc(C(=O)O)nc1)c2C(N)=O. The summed E-state index contributed by atoms with van der Waals surface area (Å²) in [5.41, 5.74) is 9.64. The number of pyridine rings is 1. The van der Waals surface area contributed by atoms with Gasteiger partial charge in [-0.15, -0.1) is 0 Å². The number of carbonyl (C=O) groups excluding carboxylic acids is 1. The number of aromatic nitrogens is 1. The fraction of sp³-hybridized carbons (Fsp3) is 0.381. The van der Waals surface area contributed by atoms with Gasteiger partial charge in [-0.25, -0.2) is 9.78 Å². The molecule has 0 atom stereocenters. The molecule has 0 saturated heterocycles. The third-order valence-corrected chi connectivity index (χ3v) is 5.53. The number of primary amides is 1. The Morgan fingerprint density at radius 2 is 1.69 bits per heavy atom. The Kier molecular flexibility index (Phi) is 4.14. The first-order valence-electron chi connectivity index (χ1n) is 8.72. The van der Waals surface area contributed by atoms with E-state index in [0.717, 1.165) is 24.0 Å². The number of benzene rings is 1. The Hall–Kier alpha value is -2.69. The van der Waals surface area contributed by atoms with Gasteiger partial charge in [0.1, 0.15) is 5.69 Å². The summed E-state index contributed by atoms with van der Waals surface area (Å²) in [5, 5.41) is 9.04. The lowest BCUT2D eigenvalue weighted by atomic mass is 9.61. The molecule has 1 aliphatic carbocycles. The van der Waals surface area contributed by atoms with Crippen LogP contribution in [0.25, 0.3) is 11.1 Å². The summed E-state index contributed by atoms with van der Waals surface area (Å²) >= 11 is 0. The van der Waals surface area contributed by atoms with Gasteiger partial charge in [0.05, 0.1) is 5.56 Å². The molecule has 1 heterocycles. The van der Waals surface area contributed by atoms with E-state index in [9.17, 15) is 9.59 Å². The van der Waals surface area contributed by atoms with E-state index in [1.807, 2.05) is 6.07 Å². The second-order valence-electron chi connectivity index (χ2n) is 8.28. The number of aromatic carboxylic acids is 1. The molecule has 5 heteroatoms. The van der Waals surface area contributed by atoms with Crippen molar-refractivity contribution in [2.75, 3.05) is 0 Å². The number of nitrogens with zero attached hydrogens (tertiary/aromatic N) is 1. The summed E-state index contributed by atoms with van der Waals surface area (Å²) in [6.07, 6.45) is 3.49. The summed E-state index contributed by atoms with van der Waals surface area (Å²) in [4.78, 5) is 27.5. The second-order valence-corrected chi connectivity index (χ2v) is 8.28. The number of rotatable bonds is 3. The lowest BCUT2D eigenvalue weighted by molar-refractivity contribution is 0.0690. The van der Waals surface area contributed by atoms with Gasteiger partial charge in [-0.3, -0.25) is 4.79 Å².